The van der Waals surface area contributed by atoms with Crippen LogP contribution in [0.15, 0.2) is 200 Å². The number of aromatic nitrogens is 5. The Kier molecular flexibility index (Phi) is 8.43. The second-order valence-electron chi connectivity index (χ2n) is 13.7. The molecule has 7 aromatic carbocycles. The number of hydrogen-bond donors (Lipinski definition) is 0. The molecule has 5 nitrogen and oxygen atoms in total. The van der Waals surface area contributed by atoms with Crippen LogP contribution in [-0.2, 0) is 0 Å². The van der Waals surface area contributed by atoms with Crippen molar-refractivity contribution in [3.8, 4) is 78.9 Å². The molecule has 0 aliphatic carbocycles. The predicted octanol–water partition coefficient (Wildman–Crippen LogP) is 12.6. The van der Waals surface area contributed by atoms with Gasteiger partial charge in [0.1, 0.15) is 0 Å². The summed E-state index contributed by atoms with van der Waals surface area (Å²) in [6.45, 7) is 0. The van der Waals surface area contributed by atoms with Crippen LogP contribution < -0.4 is 0 Å². The van der Waals surface area contributed by atoms with Crippen LogP contribution in [0, 0.1) is 0 Å². The Bertz CT molecular complexity index is 2980. The standard InChI is InChI=1S/C51H33N5/c1-4-11-34(12-5-1)35-19-25-41(26-20-35)50-54-49(40-15-8-3-9-16-40)55-51(56-50)42-27-21-36(22-28-42)43-17-10-18-44(33-43)46-32-30-39-24-23-38-29-31-45(37-13-6-2-7-14-37)52-47(38)48(39)53-46/h1-33H. The molecular formula is C51H33N5. The minimum absolute atomic E-state index is 0.623. The second-order valence-corrected chi connectivity index (χ2v) is 13.7. The summed E-state index contributed by atoms with van der Waals surface area (Å²) in [5.41, 5.74) is 13.0. The highest BCUT2D eigenvalue weighted by atomic mass is 15.0. The predicted molar refractivity (Wildman–Crippen MR) is 228 cm³/mol. The van der Waals surface area contributed by atoms with Crippen LogP contribution >= 0.6 is 0 Å². The lowest BCUT2D eigenvalue weighted by atomic mass is 9.99. The van der Waals surface area contributed by atoms with Crippen LogP contribution in [-0.4, -0.2) is 24.9 Å². The monoisotopic (exact) mass is 715 g/mol. The first-order valence-electron chi connectivity index (χ1n) is 18.7. The fraction of sp³-hybridized carbons (Fsp3) is 0. The van der Waals surface area contributed by atoms with E-state index in [-0.39, 0.29) is 0 Å². The van der Waals surface area contributed by atoms with Gasteiger partial charge in [-0.15, -0.1) is 0 Å². The Morgan fingerprint density at radius 1 is 0.214 bits per heavy atom. The highest BCUT2D eigenvalue weighted by Crippen LogP contribution is 2.32. The summed E-state index contributed by atoms with van der Waals surface area (Å²) >= 11 is 0. The summed E-state index contributed by atoms with van der Waals surface area (Å²) in [5, 5.41) is 2.13. The third kappa shape index (κ3) is 6.48. The molecule has 0 atom stereocenters. The van der Waals surface area contributed by atoms with Crippen molar-refractivity contribution in [3.63, 3.8) is 0 Å². The van der Waals surface area contributed by atoms with Gasteiger partial charge in [-0.25, -0.2) is 24.9 Å². The molecule has 0 aliphatic rings. The van der Waals surface area contributed by atoms with E-state index in [0.29, 0.717) is 17.5 Å². The SMILES string of the molecule is c1ccc(-c2ccc(-c3nc(-c4ccccc4)nc(-c4ccc(-c5cccc(-c6ccc7ccc8ccc(-c9ccccc9)nc8c7n6)c5)cc4)n3)cc2)cc1. The van der Waals surface area contributed by atoms with E-state index in [0.717, 1.165) is 77.7 Å². The molecule has 0 unspecified atom stereocenters. The van der Waals surface area contributed by atoms with E-state index in [1.807, 2.05) is 54.6 Å². The van der Waals surface area contributed by atoms with Gasteiger partial charge in [0.2, 0.25) is 0 Å². The van der Waals surface area contributed by atoms with Gasteiger partial charge in [0.15, 0.2) is 17.5 Å². The molecular weight excluding hydrogens is 683 g/mol. The number of benzene rings is 7. The van der Waals surface area contributed by atoms with Crippen LogP contribution in [0.5, 0.6) is 0 Å². The summed E-state index contributed by atoms with van der Waals surface area (Å²) < 4.78 is 0. The van der Waals surface area contributed by atoms with Crippen molar-refractivity contribution >= 4 is 21.8 Å². The fourth-order valence-electron chi connectivity index (χ4n) is 7.16. The molecule has 262 valence electrons. The van der Waals surface area contributed by atoms with Gasteiger partial charge in [0.05, 0.1) is 22.4 Å². The average molecular weight is 716 g/mol. The van der Waals surface area contributed by atoms with Gasteiger partial charge in [-0.3, -0.25) is 0 Å². The van der Waals surface area contributed by atoms with Crippen molar-refractivity contribution in [1.82, 2.24) is 24.9 Å². The molecule has 3 aromatic heterocycles. The Balaban J connectivity index is 0.980. The van der Waals surface area contributed by atoms with Crippen molar-refractivity contribution in [2.24, 2.45) is 0 Å². The van der Waals surface area contributed by atoms with E-state index >= 15 is 0 Å². The van der Waals surface area contributed by atoms with E-state index < -0.39 is 0 Å². The first-order chi connectivity index (χ1) is 27.7. The third-order valence-electron chi connectivity index (χ3n) is 10.1. The molecule has 0 fully saturated rings. The van der Waals surface area contributed by atoms with Crippen LogP contribution in [0.25, 0.3) is 101 Å². The van der Waals surface area contributed by atoms with Crippen molar-refractivity contribution in [2.75, 3.05) is 0 Å². The van der Waals surface area contributed by atoms with Gasteiger partial charge in [0.25, 0.3) is 0 Å². The first-order valence-corrected chi connectivity index (χ1v) is 18.7. The van der Waals surface area contributed by atoms with Crippen molar-refractivity contribution in [2.45, 2.75) is 0 Å². The number of pyridine rings is 2. The van der Waals surface area contributed by atoms with Crippen LogP contribution in [0.1, 0.15) is 0 Å². The fourth-order valence-corrected chi connectivity index (χ4v) is 7.16. The van der Waals surface area contributed by atoms with E-state index in [1.165, 1.54) is 5.56 Å². The van der Waals surface area contributed by atoms with Crippen molar-refractivity contribution < 1.29 is 0 Å². The quantitative estimate of drug-likeness (QED) is 0.154. The minimum atomic E-state index is 0.623. The van der Waals surface area contributed by atoms with Gasteiger partial charge in [-0.05, 0) is 40.5 Å². The van der Waals surface area contributed by atoms with E-state index in [9.17, 15) is 0 Å². The molecule has 0 N–H and O–H groups in total. The maximum atomic E-state index is 5.20. The topological polar surface area (TPSA) is 64.5 Å². The lowest BCUT2D eigenvalue weighted by Gasteiger charge is -2.11. The Morgan fingerprint density at radius 3 is 1.07 bits per heavy atom. The Morgan fingerprint density at radius 2 is 0.554 bits per heavy atom. The van der Waals surface area contributed by atoms with E-state index in [1.54, 1.807) is 0 Å². The molecule has 0 bridgehead atoms. The third-order valence-corrected chi connectivity index (χ3v) is 10.1. The molecule has 0 radical (unpaired) electrons. The highest BCUT2D eigenvalue weighted by molar-refractivity contribution is 6.04. The molecule has 0 amide bonds. The van der Waals surface area contributed by atoms with Crippen LogP contribution in [0.4, 0.5) is 0 Å². The number of hydrogen-bond acceptors (Lipinski definition) is 5. The van der Waals surface area contributed by atoms with Crippen molar-refractivity contribution in [1.29, 1.82) is 0 Å². The van der Waals surface area contributed by atoms with Gasteiger partial charge >= 0.3 is 0 Å². The lowest BCUT2D eigenvalue weighted by molar-refractivity contribution is 1.07. The molecule has 0 saturated heterocycles. The molecule has 10 aromatic rings. The summed E-state index contributed by atoms with van der Waals surface area (Å²) in [5.74, 6) is 1.89. The van der Waals surface area contributed by atoms with Crippen LogP contribution in [0.2, 0.25) is 0 Å². The molecule has 10 rings (SSSR count). The van der Waals surface area contributed by atoms with Gasteiger partial charge < -0.3 is 0 Å². The summed E-state index contributed by atoms with van der Waals surface area (Å²) in [7, 11) is 0. The Hall–Kier alpha value is -7.63. The summed E-state index contributed by atoms with van der Waals surface area (Å²) in [6, 6.07) is 68.8. The van der Waals surface area contributed by atoms with Gasteiger partial charge in [-0.1, -0.05) is 182 Å². The number of rotatable bonds is 7. The largest absolute Gasteiger partial charge is 0.245 e. The highest BCUT2D eigenvalue weighted by Gasteiger charge is 2.14. The summed E-state index contributed by atoms with van der Waals surface area (Å²) in [6.07, 6.45) is 0. The second kappa shape index (κ2) is 14.3. The number of fused-ring (bicyclic) bond motifs is 3. The van der Waals surface area contributed by atoms with Crippen molar-refractivity contribution in [3.05, 3.63) is 200 Å². The smallest absolute Gasteiger partial charge is 0.164 e. The molecule has 0 saturated carbocycles. The minimum Gasteiger partial charge on any atom is -0.245 e. The first kappa shape index (κ1) is 33.0. The molecule has 56 heavy (non-hydrogen) atoms. The number of nitrogens with zero attached hydrogens (tertiary/aromatic N) is 5. The lowest BCUT2D eigenvalue weighted by Crippen LogP contribution is -2.00. The molecule has 3 heterocycles. The van der Waals surface area contributed by atoms with Crippen LogP contribution in [0.3, 0.4) is 0 Å². The van der Waals surface area contributed by atoms with E-state index in [2.05, 4.69) is 146 Å². The molecule has 5 heteroatoms. The zero-order valence-corrected chi connectivity index (χ0v) is 30.3. The maximum absolute atomic E-state index is 5.20. The Labute approximate surface area is 324 Å². The zero-order valence-electron chi connectivity index (χ0n) is 30.3. The molecule has 0 spiro atoms. The summed E-state index contributed by atoms with van der Waals surface area (Å²) in [4.78, 5) is 25.2. The van der Waals surface area contributed by atoms with Gasteiger partial charge in [-0.2, -0.15) is 0 Å². The average Bonchev–Trinajstić information content (AvgIpc) is 3.29. The maximum Gasteiger partial charge on any atom is 0.164 e. The normalized spacial score (nSPS) is 11.2. The molecule has 0 aliphatic heterocycles. The van der Waals surface area contributed by atoms with E-state index in [4.69, 9.17) is 24.9 Å². The zero-order chi connectivity index (χ0) is 37.3. The van der Waals surface area contributed by atoms with Gasteiger partial charge in [0, 0.05) is 38.6 Å².